The summed E-state index contributed by atoms with van der Waals surface area (Å²) in [5, 5.41) is 2.78. The number of amides is 1. The molecule has 0 fully saturated rings. The minimum Gasteiger partial charge on any atom is -0.497 e. The third-order valence-corrected chi connectivity index (χ3v) is 3.86. The molecule has 0 radical (unpaired) electrons. The summed E-state index contributed by atoms with van der Waals surface area (Å²) in [5.74, 6) is 0.231. The van der Waals surface area contributed by atoms with E-state index in [1.54, 1.807) is 31.4 Å². The van der Waals surface area contributed by atoms with Crippen LogP contribution in [0.3, 0.4) is 0 Å². The van der Waals surface area contributed by atoms with Crippen LogP contribution in [0.1, 0.15) is 24.1 Å². The predicted molar refractivity (Wildman–Crippen MR) is 103 cm³/mol. The second-order valence-electron chi connectivity index (χ2n) is 5.75. The molecule has 1 N–H and O–H groups in total. The van der Waals surface area contributed by atoms with Crippen LogP contribution in [-0.2, 0) is 14.3 Å². The zero-order valence-electron chi connectivity index (χ0n) is 15.6. The molecule has 0 spiro atoms. The molecule has 0 bridgehead atoms. The summed E-state index contributed by atoms with van der Waals surface area (Å²) in [5.41, 5.74) is 1.67. The van der Waals surface area contributed by atoms with E-state index in [1.165, 1.54) is 13.2 Å². The van der Waals surface area contributed by atoms with Crippen molar-refractivity contribution in [1.29, 1.82) is 0 Å². The molecule has 27 heavy (non-hydrogen) atoms. The van der Waals surface area contributed by atoms with E-state index in [2.05, 4.69) is 5.32 Å². The molecule has 0 saturated carbocycles. The van der Waals surface area contributed by atoms with Crippen molar-refractivity contribution in [2.75, 3.05) is 20.8 Å². The number of rotatable bonds is 8. The van der Waals surface area contributed by atoms with Crippen LogP contribution in [0.4, 0.5) is 0 Å². The van der Waals surface area contributed by atoms with Crippen LogP contribution in [-0.4, -0.2) is 32.7 Å². The number of nitrogens with one attached hydrogen (secondary N) is 1. The lowest BCUT2D eigenvalue weighted by Crippen LogP contribution is -2.30. The third kappa shape index (κ3) is 6.18. The Balaban J connectivity index is 1.85. The first-order chi connectivity index (χ1) is 13.0. The van der Waals surface area contributed by atoms with Crippen LogP contribution in [0.5, 0.6) is 11.5 Å². The second-order valence-corrected chi connectivity index (χ2v) is 5.75. The monoisotopic (exact) mass is 369 g/mol. The van der Waals surface area contributed by atoms with Crippen molar-refractivity contribution in [3.63, 3.8) is 0 Å². The highest BCUT2D eigenvalue weighted by Crippen LogP contribution is 2.25. The lowest BCUT2D eigenvalue weighted by Gasteiger charge is -2.14. The fourth-order valence-corrected chi connectivity index (χ4v) is 2.41. The number of carbonyl (C=O) groups is 2. The summed E-state index contributed by atoms with van der Waals surface area (Å²) in [4.78, 5) is 23.8. The Labute approximate surface area is 158 Å². The molecule has 142 valence electrons. The first-order valence-corrected chi connectivity index (χ1v) is 8.44. The smallest absolute Gasteiger partial charge is 0.331 e. The molecule has 2 rings (SSSR count). The Hall–Kier alpha value is -3.28. The van der Waals surface area contributed by atoms with Crippen molar-refractivity contribution in [2.24, 2.45) is 0 Å². The molecule has 0 unspecified atom stereocenters. The van der Waals surface area contributed by atoms with Crippen molar-refractivity contribution in [1.82, 2.24) is 5.32 Å². The van der Waals surface area contributed by atoms with Crippen LogP contribution < -0.4 is 14.8 Å². The molecule has 1 atom stereocenters. The fourth-order valence-electron chi connectivity index (χ4n) is 2.41. The SMILES string of the molecule is COc1ccc(/C=C/C(=O)OCC(=O)N[C@H](C)c2ccccc2)c(OC)c1. The second kappa shape index (κ2) is 10.0. The molecule has 0 aromatic heterocycles. The molecule has 6 heteroatoms. The van der Waals surface area contributed by atoms with Crippen LogP contribution in [0, 0.1) is 0 Å². The van der Waals surface area contributed by atoms with Gasteiger partial charge in [0.1, 0.15) is 11.5 Å². The molecule has 0 aliphatic rings. The van der Waals surface area contributed by atoms with Gasteiger partial charge in [0.2, 0.25) is 0 Å². The van der Waals surface area contributed by atoms with Crippen LogP contribution in [0.25, 0.3) is 6.08 Å². The number of ether oxygens (including phenoxy) is 3. The van der Waals surface area contributed by atoms with Crippen LogP contribution in [0.2, 0.25) is 0 Å². The summed E-state index contributed by atoms with van der Waals surface area (Å²) in [7, 11) is 3.09. The zero-order valence-corrected chi connectivity index (χ0v) is 15.6. The van der Waals surface area contributed by atoms with E-state index < -0.39 is 5.97 Å². The van der Waals surface area contributed by atoms with Crippen molar-refractivity contribution in [2.45, 2.75) is 13.0 Å². The Morgan fingerprint density at radius 1 is 1.07 bits per heavy atom. The number of hydrogen-bond donors (Lipinski definition) is 1. The van der Waals surface area contributed by atoms with Crippen LogP contribution in [0.15, 0.2) is 54.6 Å². The van der Waals surface area contributed by atoms with Crippen molar-refractivity contribution < 1.29 is 23.8 Å². The van der Waals surface area contributed by atoms with E-state index in [-0.39, 0.29) is 18.6 Å². The highest BCUT2D eigenvalue weighted by molar-refractivity contribution is 5.89. The highest BCUT2D eigenvalue weighted by atomic mass is 16.5. The molecule has 2 aromatic carbocycles. The molecule has 0 heterocycles. The lowest BCUT2D eigenvalue weighted by atomic mass is 10.1. The zero-order chi connectivity index (χ0) is 19.6. The topological polar surface area (TPSA) is 73.9 Å². The van der Waals surface area contributed by atoms with E-state index in [9.17, 15) is 9.59 Å². The predicted octanol–water partition coefficient (Wildman–Crippen LogP) is 3.14. The first-order valence-electron chi connectivity index (χ1n) is 8.44. The Morgan fingerprint density at radius 2 is 1.81 bits per heavy atom. The standard InChI is InChI=1S/C21H23NO5/c1-15(16-7-5-4-6-8-16)22-20(23)14-27-21(24)12-10-17-9-11-18(25-2)13-19(17)26-3/h4-13,15H,14H2,1-3H3,(H,22,23)/b12-10+/t15-/m1/s1. The Kier molecular flexibility index (Phi) is 7.43. The van der Waals surface area contributed by atoms with Gasteiger partial charge in [-0.25, -0.2) is 4.79 Å². The van der Waals surface area contributed by atoms with Gasteiger partial charge in [0.25, 0.3) is 5.91 Å². The van der Waals surface area contributed by atoms with Crippen molar-refractivity contribution in [3.8, 4) is 11.5 Å². The van der Waals surface area contributed by atoms with Gasteiger partial charge in [-0.3, -0.25) is 4.79 Å². The summed E-state index contributed by atoms with van der Waals surface area (Å²) < 4.78 is 15.4. The number of benzene rings is 2. The quantitative estimate of drug-likeness (QED) is 0.572. The molecular formula is C21H23NO5. The minimum absolute atomic E-state index is 0.170. The van der Waals surface area contributed by atoms with Crippen molar-refractivity contribution >= 4 is 18.0 Å². The van der Waals surface area contributed by atoms with Gasteiger partial charge in [0.15, 0.2) is 6.61 Å². The molecular weight excluding hydrogens is 346 g/mol. The minimum atomic E-state index is -0.615. The van der Waals surface area contributed by atoms with Gasteiger partial charge >= 0.3 is 5.97 Å². The van der Waals surface area contributed by atoms with Gasteiger partial charge < -0.3 is 19.5 Å². The van der Waals surface area contributed by atoms with Gasteiger partial charge in [-0.2, -0.15) is 0 Å². The average molecular weight is 369 g/mol. The normalized spacial score (nSPS) is 11.7. The van der Waals surface area contributed by atoms with Gasteiger partial charge in [-0.15, -0.1) is 0 Å². The van der Waals surface area contributed by atoms with Gasteiger partial charge in [-0.05, 0) is 30.7 Å². The van der Waals surface area contributed by atoms with E-state index in [4.69, 9.17) is 14.2 Å². The van der Waals surface area contributed by atoms with Crippen LogP contribution >= 0.6 is 0 Å². The molecule has 0 saturated heterocycles. The third-order valence-electron chi connectivity index (χ3n) is 3.86. The van der Waals surface area contributed by atoms with Gasteiger partial charge in [0, 0.05) is 17.7 Å². The van der Waals surface area contributed by atoms with Gasteiger partial charge in [-0.1, -0.05) is 30.3 Å². The van der Waals surface area contributed by atoms with E-state index >= 15 is 0 Å². The molecule has 1 amide bonds. The average Bonchev–Trinajstić information content (AvgIpc) is 2.71. The molecule has 2 aromatic rings. The van der Waals surface area contributed by atoms with Crippen molar-refractivity contribution in [3.05, 3.63) is 65.7 Å². The Morgan fingerprint density at radius 3 is 2.48 bits per heavy atom. The lowest BCUT2D eigenvalue weighted by molar-refractivity contribution is -0.144. The highest BCUT2D eigenvalue weighted by Gasteiger charge is 2.11. The summed E-state index contributed by atoms with van der Waals surface area (Å²) in [6.45, 7) is 1.52. The summed E-state index contributed by atoms with van der Waals surface area (Å²) in [6, 6.07) is 14.6. The number of hydrogen-bond acceptors (Lipinski definition) is 5. The number of carbonyl (C=O) groups excluding carboxylic acids is 2. The summed E-state index contributed by atoms with van der Waals surface area (Å²) >= 11 is 0. The maximum atomic E-state index is 11.9. The maximum absolute atomic E-state index is 11.9. The fraction of sp³-hybridized carbons (Fsp3) is 0.238. The van der Waals surface area contributed by atoms with Gasteiger partial charge in [0.05, 0.1) is 20.3 Å². The van der Waals surface area contributed by atoms with E-state index in [0.29, 0.717) is 17.1 Å². The molecule has 0 aliphatic carbocycles. The van der Waals surface area contributed by atoms with E-state index in [0.717, 1.165) is 5.56 Å². The van der Waals surface area contributed by atoms with E-state index in [1.807, 2.05) is 37.3 Å². The maximum Gasteiger partial charge on any atom is 0.331 e. The molecule has 6 nitrogen and oxygen atoms in total. The largest absolute Gasteiger partial charge is 0.497 e. The first kappa shape index (κ1) is 20.0. The number of esters is 1. The number of methoxy groups -OCH3 is 2. The summed E-state index contributed by atoms with van der Waals surface area (Å²) in [6.07, 6.45) is 2.81. The molecule has 0 aliphatic heterocycles. The Bertz CT molecular complexity index is 801.